The summed E-state index contributed by atoms with van der Waals surface area (Å²) in [4.78, 5) is 0. The van der Waals surface area contributed by atoms with Gasteiger partial charge in [0.25, 0.3) is 0 Å². The Labute approximate surface area is 51.1 Å². The van der Waals surface area contributed by atoms with Gasteiger partial charge in [-0.25, -0.2) is 0 Å². The van der Waals surface area contributed by atoms with Crippen molar-refractivity contribution in [1.29, 1.82) is 0 Å². The second-order valence-corrected chi connectivity index (χ2v) is 3.44. The Balaban J connectivity index is 3.39. The number of hydrogen-bond acceptors (Lipinski definition) is 1. The minimum Gasteiger partial charge on any atom is -0.634 e. The highest BCUT2D eigenvalue weighted by Crippen LogP contribution is 2.07. The van der Waals surface area contributed by atoms with Crippen LogP contribution in [0.25, 0.3) is 0 Å². The summed E-state index contributed by atoms with van der Waals surface area (Å²) in [5.41, 5.74) is 0.172. The van der Waals surface area contributed by atoms with Crippen LogP contribution in [0.5, 0.6) is 0 Å². The first kappa shape index (κ1) is 7.92. The summed E-state index contributed by atoms with van der Waals surface area (Å²) in [6, 6.07) is 0. The van der Waals surface area contributed by atoms with Crippen LogP contribution < -0.4 is 5.06 Å². The normalized spacial score (nSPS) is 16.1. The van der Waals surface area contributed by atoms with E-state index in [1.807, 2.05) is 0 Å². The van der Waals surface area contributed by atoms with Gasteiger partial charge in [0, 0.05) is 5.41 Å². The smallest absolute Gasteiger partial charge is 0.0815 e. The van der Waals surface area contributed by atoms with Crippen molar-refractivity contribution in [2.24, 2.45) is 5.41 Å². The van der Waals surface area contributed by atoms with E-state index in [-0.39, 0.29) is 10.5 Å². The van der Waals surface area contributed by atoms with Crippen molar-refractivity contribution in [3.05, 3.63) is 5.21 Å². The SMILES string of the molecule is C[NH+]([O-])CC(C)(C)C. The molecule has 0 aliphatic carbocycles. The zero-order valence-corrected chi connectivity index (χ0v) is 6.12. The van der Waals surface area contributed by atoms with E-state index in [4.69, 9.17) is 0 Å². The van der Waals surface area contributed by atoms with Crippen LogP contribution in [0, 0.1) is 10.6 Å². The molecule has 1 unspecified atom stereocenters. The minimum atomic E-state index is 0.172. The van der Waals surface area contributed by atoms with Crippen LogP contribution in [0.4, 0.5) is 0 Å². The first-order valence-electron chi connectivity index (χ1n) is 2.91. The second-order valence-electron chi connectivity index (χ2n) is 3.44. The Bertz CT molecular complexity index is 63.4. The molecule has 0 heterocycles. The summed E-state index contributed by atoms with van der Waals surface area (Å²) < 4.78 is 0. The molecule has 0 aromatic rings. The molecule has 0 aromatic heterocycles. The first-order valence-corrected chi connectivity index (χ1v) is 2.91. The molecule has 2 heteroatoms. The van der Waals surface area contributed by atoms with Crippen molar-refractivity contribution in [1.82, 2.24) is 0 Å². The fourth-order valence-corrected chi connectivity index (χ4v) is 0.747. The second kappa shape index (κ2) is 2.46. The van der Waals surface area contributed by atoms with Gasteiger partial charge in [-0.3, -0.25) is 0 Å². The van der Waals surface area contributed by atoms with Gasteiger partial charge in [0.2, 0.25) is 0 Å². The Hall–Kier alpha value is -0.0800. The third kappa shape index (κ3) is 5.92. The molecule has 0 aliphatic heterocycles. The van der Waals surface area contributed by atoms with Gasteiger partial charge >= 0.3 is 0 Å². The highest BCUT2D eigenvalue weighted by atomic mass is 16.5. The lowest BCUT2D eigenvalue weighted by Crippen LogP contribution is -3.05. The highest BCUT2D eigenvalue weighted by molar-refractivity contribution is 4.56. The van der Waals surface area contributed by atoms with E-state index in [2.05, 4.69) is 20.8 Å². The zero-order valence-electron chi connectivity index (χ0n) is 6.12. The van der Waals surface area contributed by atoms with Gasteiger partial charge in [-0.1, -0.05) is 20.8 Å². The lowest BCUT2D eigenvalue weighted by molar-refractivity contribution is -0.833. The van der Waals surface area contributed by atoms with E-state index in [0.717, 1.165) is 0 Å². The highest BCUT2D eigenvalue weighted by Gasteiger charge is 2.11. The standard InChI is InChI=1S/C6H15NO/c1-6(2,3)5-7(4)8/h7H,5H2,1-4H3. The van der Waals surface area contributed by atoms with Crippen molar-refractivity contribution in [3.8, 4) is 0 Å². The van der Waals surface area contributed by atoms with E-state index < -0.39 is 0 Å². The molecular formula is C6H15NO. The summed E-state index contributed by atoms with van der Waals surface area (Å²) >= 11 is 0. The Morgan fingerprint density at radius 2 is 1.75 bits per heavy atom. The number of rotatable bonds is 1. The lowest BCUT2D eigenvalue weighted by Gasteiger charge is -2.25. The molecular weight excluding hydrogens is 102 g/mol. The van der Waals surface area contributed by atoms with Gasteiger partial charge in [0.05, 0.1) is 13.6 Å². The fourth-order valence-electron chi connectivity index (χ4n) is 0.747. The zero-order chi connectivity index (χ0) is 6.78. The number of quaternary nitrogens is 1. The summed E-state index contributed by atoms with van der Waals surface area (Å²) in [5.74, 6) is 0. The topological polar surface area (TPSA) is 27.5 Å². The van der Waals surface area contributed by atoms with Crippen LogP contribution in [0.1, 0.15) is 20.8 Å². The van der Waals surface area contributed by atoms with Gasteiger partial charge < -0.3 is 10.3 Å². The molecule has 0 radical (unpaired) electrons. The molecule has 1 N–H and O–H groups in total. The predicted octanol–water partition coefficient (Wildman–Crippen LogP) is 0.0450. The van der Waals surface area contributed by atoms with Crippen molar-refractivity contribution in [2.75, 3.05) is 13.6 Å². The van der Waals surface area contributed by atoms with Crippen LogP contribution >= 0.6 is 0 Å². The Kier molecular flexibility index (Phi) is 2.44. The largest absolute Gasteiger partial charge is 0.634 e. The molecule has 8 heavy (non-hydrogen) atoms. The molecule has 0 fully saturated rings. The average molecular weight is 117 g/mol. The molecule has 0 spiro atoms. The van der Waals surface area contributed by atoms with E-state index in [0.29, 0.717) is 6.54 Å². The van der Waals surface area contributed by atoms with Crippen molar-refractivity contribution in [3.63, 3.8) is 0 Å². The van der Waals surface area contributed by atoms with E-state index in [9.17, 15) is 5.21 Å². The van der Waals surface area contributed by atoms with E-state index in [1.165, 1.54) is 0 Å². The Morgan fingerprint density at radius 3 is 1.75 bits per heavy atom. The van der Waals surface area contributed by atoms with Gasteiger partial charge in [-0.2, -0.15) is 0 Å². The molecule has 0 saturated heterocycles. The number of nitrogens with one attached hydrogen (secondary N) is 1. The molecule has 0 rings (SSSR count). The summed E-state index contributed by atoms with van der Waals surface area (Å²) in [5, 5.41) is 10.7. The molecule has 1 atom stereocenters. The third-order valence-electron chi connectivity index (χ3n) is 0.779. The van der Waals surface area contributed by atoms with Gasteiger partial charge in [-0.15, -0.1) is 0 Å². The third-order valence-corrected chi connectivity index (χ3v) is 0.779. The van der Waals surface area contributed by atoms with Crippen LogP contribution in [-0.2, 0) is 0 Å². The molecule has 0 amide bonds. The number of hydroxylamine groups is 2. The maximum atomic E-state index is 10.5. The van der Waals surface area contributed by atoms with Crippen LogP contribution in [0.15, 0.2) is 0 Å². The van der Waals surface area contributed by atoms with Crippen molar-refractivity contribution < 1.29 is 5.06 Å². The lowest BCUT2D eigenvalue weighted by atomic mass is 9.97. The molecule has 50 valence electrons. The van der Waals surface area contributed by atoms with Gasteiger partial charge in [-0.05, 0) is 0 Å². The summed E-state index contributed by atoms with van der Waals surface area (Å²) in [6.07, 6.45) is 0. The molecule has 0 aromatic carbocycles. The first-order chi connectivity index (χ1) is 3.42. The number of hydrogen-bond donors (Lipinski definition) is 1. The molecule has 0 saturated carbocycles. The summed E-state index contributed by atoms with van der Waals surface area (Å²) in [7, 11) is 1.63. The average Bonchev–Trinajstić information content (AvgIpc) is 1.21. The fraction of sp³-hybridized carbons (Fsp3) is 1.00. The quantitative estimate of drug-likeness (QED) is 0.483. The van der Waals surface area contributed by atoms with Gasteiger partial charge in [0.15, 0.2) is 0 Å². The monoisotopic (exact) mass is 117 g/mol. The molecule has 0 bridgehead atoms. The van der Waals surface area contributed by atoms with E-state index >= 15 is 0 Å². The van der Waals surface area contributed by atoms with Crippen molar-refractivity contribution >= 4 is 0 Å². The van der Waals surface area contributed by atoms with Crippen LogP contribution in [-0.4, -0.2) is 13.6 Å². The molecule has 0 aliphatic rings. The molecule has 2 nitrogen and oxygen atoms in total. The van der Waals surface area contributed by atoms with Crippen LogP contribution in [0.2, 0.25) is 0 Å². The van der Waals surface area contributed by atoms with Crippen LogP contribution in [0.3, 0.4) is 0 Å². The van der Waals surface area contributed by atoms with Crippen molar-refractivity contribution in [2.45, 2.75) is 20.8 Å². The predicted molar refractivity (Wildman–Crippen MR) is 34.6 cm³/mol. The summed E-state index contributed by atoms with van der Waals surface area (Å²) in [6.45, 7) is 6.88. The minimum absolute atomic E-state index is 0.172. The van der Waals surface area contributed by atoms with E-state index in [1.54, 1.807) is 7.05 Å². The van der Waals surface area contributed by atoms with Gasteiger partial charge in [0.1, 0.15) is 0 Å². The maximum absolute atomic E-state index is 10.5. The Morgan fingerprint density at radius 1 is 1.38 bits per heavy atom. The maximum Gasteiger partial charge on any atom is 0.0815 e.